The minimum absolute atomic E-state index is 0.703. The fraction of sp³-hybridized carbons (Fsp3) is 1.00. The molecule has 22 heavy (non-hydrogen) atoms. The molecule has 1 aliphatic rings. The first kappa shape index (κ1) is 20.6. The molecule has 0 amide bonds. The van der Waals surface area contributed by atoms with E-state index in [1.54, 1.807) is 0 Å². The number of hydrogen-bond donors (Lipinski definition) is 0. The van der Waals surface area contributed by atoms with Crippen molar-refractivity contribution in [2.45, 2.75) is 13.8 Å². The number of hydrogen-bond acceptors (Lipinski definition) is 4. The van der Waals surface area contributed by atoms with E-state index in [9.17, 15) is 0 Å². The highest BCUT2D eigenvalue weighted by Crippen LogP contribution is 2.22. The van der Waals surface area contributed by atoms with Gasteiger partial charge in [-0.25, -0.2) is 35.3 Å². The third kappa shape index (κ3) is 4.34. The molecule has 1 aliphatic heterocycles. The van der Waals surface area contributed by atoms with Gasteiger partial charge in [-0.05, 0) is 13.8 Å². The lowest BCUT2D eigenvalue weighted by Crippen LogP contribution is -2.81. The van der Waals surface area contributed by atoms with Gasteiger partial charge >= 0.3 is 39.4 Å². The molecule has 0 radical (unpaired) electrons. The van der Waals surface area contributed by atoms with Crippen molar-refractivity contribution in [3.05, 3.63) is 0 Å². The molecule has 1 heterocycles. The van der Waals surface area contributed by atoms with Crippen LogP contribution in [0.25, 0.3) is 0 Å². The second kappa shape index (κ2) is 7.62. The molecule has 0 N–H and O–H groups in total. The summed E-state index contributed by atoms with van der Waals surface area (Å²) in [4.78, 5) is 24.1. The maximum Gasteiger partial charge on any atom is 0.530 e. The van der Waals surface area contributed by atoms with E-state index in [4.69, 9.17) is 19.4 Å². The van der Waals surface area contributed by atoms with Crippen LogP contribution < -0.4 is 0 Å². The Balaban J connectivity index is 3.32. The number of nitrogens with zero attached hydrogens (tertiary/aromatic N) is 4. The summed E-state index contributed by atoms with van der Waals surface area (Å²) in [5.41, 5.74) is 0. The summed E-state index contributed by atoms with van der Waals surface area (Å²) in [5, 5.41) is 0. The Morgan fingerprint density at radius 3 is 1.18 bits per heavy atom. The van der Waals surface area contributed by atoms with E-state index in [1.807, 2.05) is 28.4 Å². The highest BCUT2D eigenvalue weighted by molar-refractivity contribution is 6.46. The number of rotatable bonds is 6. The van der Waals surface area contributed by atoms with Gasteiger partial charge in [0.15, 0.2) is 0 Å². The molecular formula is C10H36N4O4Si4+4. The van der Waals surface area contributed by atoms with Crippen LogP contribution in [0.15, 0.2) is 0 Å². The summed E-state index contributed by atoms with van der Waals surface area (Å²) < 4.78 is 3.13. The summed E-state index contributed by atoms with van der Waals surface area (Å²) in [6.45, 7) is 6.49. The lowest BCUT2D eigenvalue weighted by molar-refractivity contribution is -1.11. The van der Waals surface area contributed by atoms with Gasteiger partial charge in [-0.1, -0.05) is 0 Å². The SMILES string of the molecule is CC[N+]1(OC)[SiH2][N+](C)(OC)[SiH2][N+](C)(OC)[SiH2][N+](CC)(OC)[SiH2]1. The van der Waals surface area contributed by atoms with Crippen molar-refractivity contribution in [2.24, 2.45) is 0 Å². The van der Waals surface area contributed by atoms with E-state index in [0.717, 1.165) is 29.0 Å². The molecule has 4 atom stereocenters. The van der Waals surface area contributed by atoms with E-state index in [0.29, 0.717) is 0 Å². The molecular weight excluding hydrogens is 352 g/mol. The van der Waals surface area contributed by atoms with Crippen molar-refractivity contribution in [1.82, 2.24) is 0 Å². The monoisotopic (exact) mass is 388 g/mol. The molecule has 1 fully saturated rings. The predicted molar refractivity (Wildman–Crippen MR) is 96.2 cm³/mol. The van der Waals surface area contributed by atoms with Gasteiger partial charge in [0, 0.05) is 0 Å². The van der Waals surface area contributed by atoms with Crippen molar-refractivity contribution in [2.75, 3.05) is 55.6 Å². The molecule has 0 bridgehead atoms. The Morgan fingerprint density at radius 1 is 0.591 bits per heavy atom. The zero-order valence-electron chi connectivity index (χ0n) is 15.7. The average molecular weight is 389 g/mol. The van der Waals surface area contributed by atoms with Crippen LogP contribution in [0.3, 0.4) is 0 Å². The normalized spacial score (nSPS) is 48.0. The summed E-state index contributed by atoms with van der Waals surface area (Å²) >= 11 is 0. The number of quaternary nitrogens is 4. The van der Waals surface area contributed by atoms with Crippen molar-refractivity contribution in [1.29, 1.82) is 0 Å². The molecule has 0 aromatic rings. The number of hydroxylamine groups is 4. The van der Waals surface area contributed by atoms with E-state index < -0.39 is 39.4 Å². The quantitative estimate of drug-likeness (QED) is 0.449. The van der Waals surface area contributed by atoms with E-state index in [-0.39, 0.29) is 0 Å². The van der Waals surface area contributed by atoms with Crippen molar-refractivity contribution in [3.8, 4) is 0 Å². The molecule has 0 aromatic heterocycles. The smallest absolute Gasteiger partial charge is 0.236 e. The lowest BCUT2D eigenvalue weighted by atomic mass is 10.8. The summed E-state index contributed by atoms with van der Waals surface area (Å²) in [5.74, 6) is 0. The Kier molecular flexibility index (Phi) is 7.13. The molecule has 0 aliphatic carbocycles. The third-order valence-corrected chi connectivity index (χ3v) is 18.1. The van der Waals surface area contributed by atoms with Gasteiger partial charge in [-0.3, -0.25) is 0 Å². The fourth-order valence-electron chi connectivity index (χ4n) is 3.49. The van der Waals surface area contributed by atoms with Crippen molar-refractivity contribution < 1.29 is 35.3 Å². The van der Waals surface area contributed by atoms with Crippen molar-refractivity contribution in [3.63, 3.8) is 0 Å². The topological polar surface area (TPSA) is 36.9 Å². The van der Waals surface area contributed by atoms with E-state index in [2.05, 4.69) is 27.9 Å². The Labute approximate surface area is 144 Å². The van der Waals surface area contributed by atoms with Crippen molar-refractivity contribution >= 4 is 39.4 Å². The predicted octanol–water partition coefficient (Wildman–Crippen LogP) is -3.19. The van der Waals surface area contributed by atoms with Gasteiger partial charge in [-0.15, -0.1) is 0 Å². The maximum absolute atomic E-state index is 6.09. The van der Waals surface area contributed by atoms with Crippen LogP contribution in [0.2, 0.25) is 0 Å². The van der Waals surface area contributed by atoms with Gasteiger partial charge in [0.05, 0.1) is 55.6 Å². The third-order valence-electron chi connectivity index (χ3n) is 5.04. The molecule has 0 spiro atoms. The van der Waals surface area contributed by atoms with Gasteiger partial charge in [-0.2, -0.15) is 0 Å². The highest BCUT2D eigenvalue weighted by atomic mass is 28.4. The molecule has 132 valence electrons. The molecule has 0 aromatic carbocycles. The van der Waals surface area contributed by atoms with Crippen LogP contribution in [0.4, 0.5) is 0 Å². The van der Waals surface area contributed by atoms with Crippen LogP contribution in [0, 0.1) is 0 Å². The average Bonchev–Trinajstić information content (AvgIpc) is 2.52. The molecule has 1 saturated heterocycles. The maximum atomic E-state index is 6.09. The zero-order valence-corrected chi connectivity index (χ0v) is 21.3. The Hall–Kier alpha value is 0.548. The second-order valence-electron chi connectivity index (χ2n) is 6.64. The Morgan fingerprint density at radius 2 is 0.955 bits per heavy atom. The molecule has 4 unspecified atom stereocenters. The molecule has 12 heteroatoms. The standard InChI is InChI=1S/C10H36N4O4Si4/c1-9-13(17-7)20-11(3,15-5)19-12(4,16-6)21-14(10-2,18-8)22-13/h9-10,19-22H2,1-8H3/q+4. The van der Waals surface area contributed by atoms with Gasteiger partial charge in [0.2, 0.25) is 0 Å². The lowest BCUT2D eigenvalue weighted by Gasteiger charge is -2.49. The van der Waals surface area contributed by atoms with Crippen LogP contribution >= 0.6 is 0 Å². The summed E-state index contributed by atoms with van der Waals surface area (Å²) in [6.07, 6.45) is 0. The fourth-order valence-corrected chi connectivity index (χ4v) is 23.9. The Bertz CT molecular complexity index is 343. The van der Waals surface area contributed by atoms with Crippen LogP contribution in [0.5, 0.6) is 0 Å². The van der Waals surface area contributed by atoms with Crippen LogP contribution in [-0.2, 0) is 19.4 Å². The molecule has 8 nitrogen and oxygen atoms in total. The first-order chi connectivity index (χ1) is 10.2. The summed E-state index contributed by atoms with van der Waals surface area (Å²) in [7, 11) is 9.04. The van der Waals surface area contributed by atoms with Gasteiger partial charge in [0.25, 0.3) is 0 Å². The van der Waals surface area contributed by atoms with Crippen LogP contribution in [-0.4, -0.2) is 111 Å². The zero-order chi connectivity index (χ0) is 17.1. The largest absolute Gasteiger partial charge is 0.530 e. The van der Waals surface area contributed by atoms with Gasteiger partial charge in [0.1, 0.15) is 0 Å². The van der Waals surface area contributed by atoms with Gasteiger partial charge < -0.3 is 0 Å². The van der Waals surface area contributed by atoms with E-state index >= 15 is 0 Å². The molecule has 0 saturated carbocycles. The first-order valence-electron chi connectivity index (χ1n) is 7.83. The van der Waals surface area contributed by atoms with Crippen LogP contribution in [0.1, 0.15) is 13.8 Å². The molecule has 1 rings (SSSR count). The first-order valence-corrected chi connectivity index (χ1v) is 12.9. The minimum atomic E-state index is -0.706. The van der Waals surface area contributed by atoms with E-state index in [1.165, 1.54) is 0 Å². The minimum Gasteiger partial charge on any atom is -0.236 e. The highest BCUT2D eigenvalue weighted by Gasteiger charge is 2.60. The second-order valence-corrected chi connectivity index (χ2v) is 21.3. The summed E-state index contributed by atoms with van der Waals surface area (Å²) in [6, 6.07) is 0.